The molecule has 0 amide bonds. The van der Waals surface area contributed by atoms with Gasteiger partial charge in [0, 0.05) is 63.0 Å². The molecule has 1 heterocycles. The van der Waals surface area contributed by atoms with E-state index in [9.17, 15) is 0 Å². The average Bonchev–Trinajstić information content (AvgIpc) is 3.10. The van der Waals surface area contributed by atoms with Crippen molar-refractivity contribution in [3.05, 3.63) is 69.0 Å². The summed E-state index contributed by atoms with van der Waals surface area (Å²) in [6, 6.07) is 14.5. The van der Waals surface area contributed by atoms with E-state index in [0.29, 0.717) is 10.0 Å². The smallest absolute Gasteiger partial charge is 0.137 e. The Kier molecular flexibility index (Phi) is 18.1. The number of nitrogens with zero attached hydrogens (tertiary/aromatic N) is 1. The highest BCUT2D eigenvalue weighted by molar-refractivity contribution is 6.40. The van der Waals surface area contributed by atoms with Gasteiger partial charge in [0.05, 0.1) is 5.36 Å². The first-order valence-electron chi connectivity index (χ1n) is 20.1. The molecule has 0 atom stereocenters. The lowest BCUT2D eigenvalue weighted by atomic mass is 9.91. The summed E-state index contributed by atoms with van der Waals surface area (Å²) in [5.41, 5.74) is 7.13. The molecule has 4 rings (SSSR count). The van der Waals surface area contributed by atoms with Gasteiger partial charge in [0.1, 0.15) is 11.3 Å². The molecule has 274 valence electrons. The Balaban J connectivity index is 1.48. The predicted molar refractivity (Wildman–Crippen MR) is 220 cm³/mol. The number of hydrogen-bond donors (Lipinski definition) is 1. The molecule has 3 nitrogen and oxygen atoms in total. The number of nitrogens with one attached hydrogen (secondary N) is 1. The molecule has 50 heavy (non-hydrogen) atoms. The summed E-state index contributed by atoms with van der Waals surface area (Å²) in [4.78, 5) is 5.04. The van der Waals surface area contributed by atoms with Gasteiger partial charge in [-0.1, -0.05) is 159 Å². The lowest BCUT2D eigenvalue weighted by Gasteiger charge is -2.20. The van der Waals surface area contributed by atoms with Crippen molar-refractivity contribution >= 4 is 39.9 Å². The molecule has 2 aliphatic rings. The quantitative estimate of drug-likeness (QED) is 0.0578. The van der Waals surface area contributed by atoms with Gasteiger partial charge in [0.2, 0.25) is 0 Å². The molecule has 0 spiro atoms. The van der Waals surface area contributed by atoms with Crippen molar-refractivity contribution in [2.45, 2.75) is 156 Å². The normalized spacial score (nSPS) is 12.1. The molecule has 0 saturated heterocycles. The molecule has 0 unspecified atom stereocenters. The maximum Gasteiger partial charge on any atom is 0.137 e. The fraction of sp³-hybridized carbons (Fsp3) is 0.578. The average molecular weight is 720 g/mol. The zero-order valence-corrected chi connectivity index (χ0v) is 33.2. The molecule has 1 aliphatic carbocycles. The van der Waals surface area contributed by atoms with Crippen LogP contribution in [0.3, 0.4) is 0 Å². The Hall–Kier alpha value is -2.49. The lowest BCUT2D eigenvalue weighted by Crippen LogP contribution is -2.10. The first kappa shape index (κ1) is 40.3. The first-order valence-corrected chi connectivity index (χ1v) is 20.9. The number of unbranched alkanes of at least 4 members (excludes halogenated alkanes) is 18. The molecule has 2 aromatic carbocycles. The number of aryl methyl sites for hydroxylation is 2. The van der Waals surface area contributed by atoms with Gasteiger partial charge in [-0.15, -0.1) is 0 Å². The van der Waals surface area contributed by atoms with Crippen LogP contribution in [0, 0.1) is 13.8 Å². The summed E-state index contributed by atoms with van der Waals surface area (Å²) in [6.45, 7) is 10.7. The number of halogens is 2. The highest BCUT2D eigenvalue weighted by Crippen LogP contribution is 2.46. The van der Waals surface area contributed by atoms with E-state index in [1.807, 2.05) is 18.2 Å². The summed E-state index contributed by atoms with van der Waals surface area (Å²) in [6.07, 6.45) is 26.6. The summed E-state index contributed by atoms with van der Waals surface area (Å²) in [5.74, 6) is 0.806. The number of benzene rings is 3. The molecule has 2 aromatic rings. The van der Waals surface area contributed by atoms with Gasteiger partial charge in [0.15, 0.2) is 0 Å². The number of fused-ring (bicyclic) bond motifs is 2. The third-order valence-electron chi connectivity index (χ3n) is 10.2. The van der Waals surface area contributed by atoms with E-state index in [1.165, 1.54) is 128 Å². The Bertz CT molecular complexity index is 1600. The van der Waals surface area contributed by atoms with Gasteiger partial charge in [-0.05, 0) is 62.1 Å². The van der Waals surface area contributed by atoms with Crippen LogP contribution in [0.2, 0.25) is 10.0 Å². The monoisotopic (exact) mass is 718 g/mol. The summed E-state index contributed by atoms with van der Waals surface area (Å²) in [5, 5.41) is 7.01. The third kappa shape index (κ3) is 12.3. The third-order valence-corrected chi connectivity index (χ3v) is 10.9. The Labute approximate surface area is 314 Å². The highest BCUT2D eigenvalue weighted by Gasteiger charge is 2.22. The molecule has 1 aliphatic heterocycles. The number of hydrogen-bond acceptors (Lipinski definition) is 3. The van der Waals surface area contributed by atoms with Gasteiger partial charge in [-0.3, -0.25) is 4.99 Å². The summed E-state index contributed by atoms with van der Waals surface area (Å²) in [7, 11) is 0. The second-order valence-corrected chi connectivity index (χ2v) is 15.4. The van der Waals surface area contributed by atoms with E-state index in [4.69, 9.17) is 32.6 Å². The Morgan fingerprint density at radius 2 is 1.14 bits per heavy atom. The van der Waals surface area contributed by atoms with Gasteiger partial charge in [-0.2, -0.15) is 0 Å². The largest absolute Gasteiger partial charge is 0.456 e. The van der Waals surface area contributed by atoms with Gasteiger partial charge in [0.25, 0.3) is 0 Å². The van der Waals surface area contributed by atoms with Crippen molar-refractivity contribution in [3.8, 4) is 22.5 Å². The zero-order valence-electron chi connectivity index (χ0n) is 31.7. The van der Waals surface area contributed by atoms with Crippen LogP contribution in [-0.2, 0) is 0 Å². The maximum atomic E-state index is 6.88. The van der Waals surface area contributed by atoms with Crippen molar-refractivity contribution in [1.29, 1.82) is 0 Å². The van der Waals surface area contributed by atoms with E-state index in [1.54, 1.807) is 0 Å². The van der Waals surface area contributed by atoms with E-state index in [0.717, 1.165) is 69.5 Å². The van der Waals surface area contributed by atoms with Gasteiger partial charge >= 0.3 is 0 Å². The van der Waals surface area contributed by atoms with E-state index >= 15 is 0 Å². The SMILES string of the molecule is CCCCCCCCCCCC/N=c1/cc2oc3cc(NCCCCCCCCCCCC)c(C)cc3c(-c3c(Cl)cccc3Cl)c-2cc1C. The van der Waals surface area contributed by atoms with Crippen LogP contribution in [0.4, 0.5) is 5.69 Å². The van der Waals surface area contributed by atoms with Crippen LogP contribution >= 0.6 is 23.2 Å². The van der Waals surface area contributed by atoms with Gasteiger partial charge < -0.3 is 9.73 Å². The standard InChI is InChI=1S/C45H64Cl2N2O/c1-5-7-9-11-13-15-17-19-21-23-28-48-40-32-42-36(30-34(40)3)44(45-38(46)26-25-27-39(45)47)37-31-35(4)41(33-43(37)50-42)49-29-24-22-20-18-16-14-12-10-8-6-2/h25-27,30-33,48H,5-24,28-29H2,1-4H3/b49-41-. The summed E-state index contributed by atoms with van der Waals surface area (Å²) >= 11 is 13.8. The molecule has 0 saturated carbocycles. The fourth-order valence-electron chi connectivity index (χ4n) is 7.19. The maximum absolute atomic E-state index is 6.88. The van der Waals surface area contributed by atoms with E-state index < -0.39 is 0 Å². The highest BCUT2D eigenvalue weighted by atomic mass is 35.5. The first-order chi connectivity index (χ1) is 24.4. The van der Waals surface area contributed by atoms with Crippen LogP contribution in [-0.4, -0.2) is 13.1 Å². The molecule has 0 fully saturated rings. The number of anilines is 1. The van der Waals surface area contributed by atoms with Crippen LogP contribution in [0.15, 0.2) is 51.9 Å². The van der Waals surface area contributed by atoms with Crippen LogP contribution in [0.25, 0.3) is 33.4 Å². The minimum absolute atomic E-state index is 0.638. The summed E-state index contributed by atoms with van der Waals surface area (Å²) < 4.78 is 6.71. The lowest BCUT2D eigenvalue weighted by molar-refractivity contribution is 0.557. The molecular formula is C45H64Cl2N2O. The zero-order chi connectivity index (χ0) is 35.6. The predicted octanol–water partition coefficient (Wildman–Crippen LogP) is 15.3. The van der Waals surface area contributed by atoms with Crippen molar-refractivity contribution in [2.24, 2.45) is 4.99 Å². The topological polar surface area (TPSA) is 37.5 Å². The van der Waals surface area contributed by atoms with E-state index in [-0.39, 0.29) is 0 Å². The van der Waals surface area contributed by atoms with Gasteiger partial charge in [-0.25, -0.2) is 0 Å². The number of rotatable bonds is 24. The Morgan fingerprint density at radius 1 is 0.600 bits per heavy atom. The van der Waals surface area contributed by atoms with Crippen molar-refractivity contribution in [3.63, 3.8) is 0 Å². The molecule has 0 bridgehead atoms. The molecule has 1 N–H and O–H groups in total. The molecule has 0 radical (unpaired) electrons. The minimum atomic E-state index is 0.638. The van der Waals surface area contributed by atoms with E-state index in [2.05, 4.69) is 57.3 Å². The second kappa shape index (κ2) is 22.4. The fourth-order valence-corrected chi connectivity index (χ4v) is 7.78. The van der Waals surface area contributed by atoms with Crippen LogP contribution in [0.5, 0.6) is 0 Å². The molecule has 0 aromatic heterocycles. The minimum Gasteiger partial charge on any atom is -0.456 e. The van der Waals surface area contributed by atoms with Crippen molar-refractivity contribution < 1.29 is 4.42 Å². The van der Waals surface area contributed by atoms with Crippen molar-refractivity contribution in [1.82, 2.24) is 0 Å². The van der Waals surface area contributed by atoms with Crippen LogP contribution < -0.4 is 10.7 Å². The van der Waals surface area contributed by atoms with Crippen molar-refractivity contribution in [2.75, 3.05) is 18.4 Å². The molecule has 5 heteroatoms. The Morgan fingerprint density at radius 3 is 1.72 bits per heavy atom. The van der Waals surface area contributed by atoms with Crippen LogP contribution in [0.1, 0.15) is 153 Å². The molecular weight excluding hydrogens is 655 g/mol. The second-order valence-electron chi connectivity index (χ2n) is 14.5.